The highest BCUT2D eigenvalue weighted by Gasteiger charge is 2.54. The molecule has 2 nitrogen and oxygen atoms in total. The van der Waals surface area contributed by atoms with Gasteiger partial charge in [-0.2, -0.15) is 0 Å². The van der Waals surface area contributed by atoms with Crippen molar-refractivity contribution in [2.45, 2.75) is 45.8 Å². The van der Waals surface area contributed by atoms with Crippen LogP contribution in [-0.4, -0.2) is 18.0 Å². The molecule has 0 radical (unpaired) electrons. The molecule has 2 aliphatic rings. The Morgan fingerprint density at radius 2 is 2.17 bits per heavy atom. The minimum Gasteiger partial charge on any atom is -0.374 e. The maximum Gasteiger partial charge on any atom is 0.146 e. The molecule has 2 rings (SSSR count). The molecule has 0 spiro atoms. The van der Waals surface area contributed by atoms with Gasteiger partial charge < -0.3 is 4.74 Å². The molecule has 0 aromatic carbocycles. The van der Waals surface area contributed by atoms with E-state index in [2.05, 4.69) is 0 Å². The minimum atomic E-state index is -0.169. The van der Waals surface area contributed by atoms with Crippen molar-refractivity contribution in [3.05, 3.63) is 0 Å². The van der Waals surface area contributed by atoms with E-state index in [0.29, 0.717) is 5.78 Å². The molecule has 68 valence electrons. The van der Waals surface area contributed by atoms with Crippen LogP contribution in [0, 0.1) is 11.3 Å². The molecule has 0 amide bonds. The molecule has 2 fully saturated rings. The number of hydrogen-bond acceptors (Lipinski definition) is 2. The average molecular weight is 168 g/mol. The van der Waals surface area contributed by atoms with E-state index in [0.717, 1.165) is 12.8 Å². The van der Waals surface area contributed by atoms with Gasteiger partial charge in [-0.1, -0.05) is 6.92 Å². The Kier molecular flexibility index (Phi) is 1.59. The van der Waals surface area contributed by atoms with E-state index in [9.17, 15) is 4.79 Å². The first kappa shape index (κ1) is 8.24. The Balaban J connectivity index is 2.34. The number of ketones is 1. The van der Waals surface area contributed by atoms with Crippen LogP contribution < -0.4 is 0 Å². The van der Waals surface area contributed by atoms with Crippen molar-refractivity contribution >= 4 is 5.78 Å². The van der Waals surface area contributed by atoms with Crippen molar-refractivity contribution in [3.8, 4) is 0 Å². The van der Waals surface area contributed by atoms with Crippen LogP contribution in [-0.2, 0) is 9.53 Å². The molecule has 1 saturated carbocycles. The Hall–Kier alpha value is -0.370. The summed E-state index contributed by atoms with van der Waals surface area (Å²) in [4.78, 5) is 11.9. The summed E-state index contributed by atoms with van der Waals surface area (Å²) < 4.78 is 5.73. The summed E-state index contributed by atoms with van der Waals surface area (Å²) in [5, 5.41) is 0. The molecule has 0 N–H and O–H groups in total. The summed E-state index contributed by atoms with van der Waals surface area (Å²) in [6, 6.07) is 0. The molecule has 1 saturated heterocycles. The molecule has 12 heavy (non-hydrogen) atoms. The maximum absolute atomic E-state index is 11.9. The molecular formula is C10H16O2. The van der Waals surface area contributed by atoms with Gasteiger partial charge in [0.25, 0.3) is 0 Å². The number of carbonyl (C=O) groups is 1. The highest BCUT2D eigenvalue weighted by molar-refractivity contribution is 5.90. The summed E-state index contributed by atoms with van der Waals surface area (Å²) in [6.07, 6.45) is 2.30. The third kappa shape index (κ3) is 0.817. The fourth-order valence-corrected chi connectivity index (χ4v) is 2.55. The number of carbonyl (C=O) groups excluding carboxylic acids is 1. The lowest BCUT2D eigenvalue weighted by molar-refractivity contribution is -0.157. The van der Waals surface area contributed by atoms with Crippen LogP contribution in [0.4, 0.5) is 0 Å². The Bertz CT molecular complexity index is 224. The highest BCUT2D eigenvalue weighted by atomic mass is 16.5. The summed E-state index contributed by atoms with van der Waals surface area (Å²) >= 11 is 0. The molecule has 0 aromatic rings. The van der Waals surface area contributed by atoms with Crippen LogP contribution in [0.15, 0.2) is 0 Å². The minimum absolute atomic E-state index is 0.110. The van der Waals surface area contributed by atoms with Crippen LogP contribution in [0.1, 0.15) is 33.6 Å². The second-order valence-corrected chi connectivity index (χ2v) is 4.41. The van der Waals surface area contributed by atoms with Gasteiger partial charge in [-0.25, -0.2) is 0 Å². The van der Waals surface area contributed by atoms with Crippen LogP contribution in [0.3, 0.4) is 0 Å². The molecule has 2 heteroatoms. The maximum atomic E-state index is 11.9. The van der Waals surface area contributed by atoms with Gasteiger partial charge in [0.15, 0.2) is 0 Å². The summed E-state index contributed by atoms with van der Waals surface area (Å²) in [5.74, 6) is 0.625. The lowest BCUT2D eigenvalue weighted by atomic mass is 9.78. The summed E-state index contributed by atoms with van der Waals surface area (Å²) in [7, 11) is 0. The lowest BCUT2D eigenvalue weighted by Gasteiger charge is -2.37. The summed E-state index contributed by atoms with van der Waals surface area (Å²) in [6.45, 7) is 6.09. The quantitative estimate of drug-likeness (QED) is 0.551. The number of hydrogen-bond donors (Lipinski definition) is 0. The van der Waals surface area contributed by atoms with Crippen LogP contribution >= 0.6 is 0 Å². The zero-order valence-electron chi connectivity index (χ0n) is 7.96. The molecule has 1 heterocycles. The van der Waals surface area contributed by atoms with E-state index in [1.54, 1.807) is 0 Å². The van der Waals surface area contributed by atoms with Gasteiger partial charge in [-0.3, -0.25) is 4.79 Å². The topological polar surface area (TPSA) is 26.3 Å². The van der Waals surface area contributed by atoms with Crippen LogP contribution in [0.5, 0.6) is 0 Å². The smallest absolute Gasteiger partial charge is 0.146 e. The van der Waals surface area contributed by atoms with E-state index in [-0.39, 0.29) is 23.5 Å². The first-order chi connectivity index (χ1) is 5.55. The molecular weight excluding hydrogens is 152 g/mol. The number of fused-ring (bicyclic) bond motifs is 2. The largest absolute Gasteiger partial charge is 0.374 e. The van der Waals surface area contributed by atoms with Gasteiger partial charge in [-0.05, 0) is 26.7 Å². The zero-order chi connectivity index (χ0) is 8.93. The van der Waals surface area contributed by atoms with Gasteiger partial charge in [0.05, 0.1) is 17.6 Å². The third-order valence-electron chi connectivity index (χ3n) is 3.76. The monoisotopic (exact) mass is 168 g/mol. The standard InChI is InChI=1S/C10H16O2/c1-6-8-4-5-10(3,9(8)11)7(2)12-6/h6-8H,4-5H2,1-3H3. The van der Waals surface area contributed by atoms with Crippen LogP contribution in [0.2, 0.25) is 0 Å². The number of Topliss-reactive ketones (excluding diaryl/α,β-unsaturated/α-hetero) is 1. The highest BCUT2D eigenvalue weighted by Crippen LogP contribution is 2.48. The first-order valence-electron chi connectivity index (χ1n) is 4.75. The van der Waals surface area contributed by atoms with E-state index in [4.69, 9.17) is 4.74 Å². The number of ether oxygens (including phenoxy) is 1. The van der Waals surface area contributed by atoms with E-state index in [1.807, 2.05) is 20.8 Å². The van der Waals surface area contributed by atoms with E-state index >= 15 is 0 Å². The fraction of sp³-hybridized carbons (Fsp3) is 0.900. The predicted molar refractivity (Wildman–Crippen MR) is 45.8 cm³/mol. The number of rotatable bonds is 0. The van der Waals surface area contributed by atoms with Crippen molar-refractivity contribution < 1.29 is 9.53 Å². The molecule has 0 aromatic heterocycles. The van der Waals surface area contributed by atoms with Crippen molar-refractivity contribution in [1.82, 2.24) is 0 Å². The molecule has 1 aliphatic heterocycles. The predicted octanol–water partition coefficient (Wildman–Crippen LogP) is 1.78. The fourth-order valence-electron chi connectivity index (χ4n) is 2.55. The normalized spacial score (nSPS) is 52.9. The zero-order valence-corrected chi connectivity index (χ0v) is 7.96. The van der Waals surface area contributed by atoms with Crippen LogP contribution in [0.25, 0.3) is 0 Å². The molecule has 4 atom stereocenters. The SMILES string of the molecule is CC1OC(C)C2(C)CCC1C2=O. The first-order valence-corrected chi connectivity index (χ1v) is 4.75. The summed E-state index contributed by atoms with van der Waals surface area (Å²) in [5.41, 5.74) is -0.169. The molecule has 2 bridgehead atoms. The molecule has 4 unspecified atom stereocenters. The second kappa shape index (κ2) is 2.32. The van der Waals surface area contributed by atoms with Crippen molar-refractivity contribution in [2.75, 3.05) is 0 Å². The third-order valence-corrected chi connectivity index (χ3v) is 3.76. The van der Waals surface area contributed by atoms with Crippen molar-refractivity contribution in [2.24, 2.45) is 11.3 Å². The van der Waals surface area contributed by atoms with Gasteiger partial charge in [0.1, 0.15) is 5.78 Å². The van der Waals surface area contributed by atoms with E-state index < -0.39 is 0 Å². The Morgan fingerprint density at radius 3 is 2.83 bits per heavy atom. The lowest BCUT2D eigenvalue weighted by Crippen LogP contribution is -2.47. The van der Waals surface area contributed by atoms with Gasteiger partial charge in [0.2, 0.25) is 0 Å². The Labute approximate surface area is 73.3 Å². The van der Waals surface area contributed by atoms with Crippen molar-refractivity contribution in [1.29, 1.82) is 0 Å². The van der Waals surface area contributed by atoms with Crippen molar-refractivity contribution in [3.63, 3.8) is 0 Å². The molecule has 1 aliphatic carbocycles. The van der Waals surface area contributed by atoms with Gasteiger partial charge in [-0.15, -0.1) is 0 Å². The van der Waals surface area contributed by atoms with E-state index in [1.165, 1.54) is 0 Å². The van der Waals surface area contributed by atoms with Gasteiger partial charge >= 0.3 is 0 Å². The second-order valence-electron chi connectivity index (χ2n) is 4.41. The Morgan fingerprint density at radius 1 is 1.50 bits per heavy atom. The van der Waals surface area contributed by atoms with Gasteiger partial charge in [0, 0.05) is 5.92 Å². The average Bonchev–Trinajstić information content (AvgIpc) is 2.23.